The monoisotopic (exact) mass is 389 g/mol. The molecule has 27 heavy (non-hydrogen) atoms. The van der Waals surface area contributed by atoms with Crippen LogP contribution in [0.2, 0.25) is 0 Å². The third-order valence-corrected chi connectivity index (χ3v) is 8.18. The molecule has 1 spiro atoms. The Bertz CT molecular complexity index is 845. The molecule has 0 radical (unpaired) electrons. The molecule has 2 aromatic heterocycles. The van der Waals surface area contributed by atoms with Crippen LogP contribution in [0, 0.1) is 11.3 Å². The Kier molecular flexibility index (Phi) is 4.44. The number of anilines is 1. The van der Waals surface area contributed by atoms with Crippen LogP contribution in [0.15, 0.2) is 18.6 Å². The Labute approximate surface area is 162 Å². The van der Waals surface area contributed by atoms with E-state index in [9.17, 15) is 4.21 Å². The molecule has 0 aromatic carbocycles. The first-order chi connectivity index (χ1) is 13.1. The third-order valence-electron chi connectivity index (χ3n) is 6.53. The highest BCUT2D eigenvalue weighted by molar-refractivity contribution is 7.82. The molecule has 4 heterocycles. The van der Waals surface area contributed by atoms with Gasteiger partial charge in [0.05, 0.1) is 29.6 Å². The minimum absolute atomic E-state index is 0.297. The van der Waals surface area contributed by atoms with E-state index in [2.05, 4.69) is 31.2 Å². The maximum Gasteiger partial charge on any atom is 0.142 e. The fourth-order valence-electron chi connectivity index (χ4n) is 4.74. The maximum atomic E-state index is 12.9. The van der Waals surface area contributed by atoms with E-state index in [1.807, 2.05) is 12.3 Å². The van der Waals surface area contributed by atoms with E-state index in [0.29, 0.717) is 17.4 Å². The molecule has 1 saturated carbocycles. The number of hydrogen-bond acceptors (Lipinski definition) is 5. The summed E-state index contributed by atoms with van der Waals surface area (Å²) in [5.74, 6) is 2.32. The Hall–Kier alpha value is -1.51. The first-order valence-corrected chi connectivity index (χ1v) is 11.1. The lowest BCUT2D eigenvalue weighted by atomic mass is 9.79. The molecule has 1 atom stereocenters. The number of fused-ring (bicyclic) bond motifs is 1. The molecule has 1 N–H and O–H groups in total. The van der Waals surface area contributed by atoms with Crippen LogP contribution in [0.25, 0.3) is 11.0 Å². The molecule has 8 heteroatoms. The first-order valence-electron chi connectivity index (χ1n) is 9.86. The standard InChI is InChI=1S/C19H27N5O2S/c1-23(18-16-3-5-20-17(16)21-13-22-18)15-7-14(8-15)9-27(25)24-6-2-4-19(10-24)11-26-12-19/h3,5,13-15H,2,4,6-12H2,1H3,(H,20,21,22). The molecule has 2 aliphatic heterocycles. The largest absolute Gasteiger partial charge is 0.380 e. The predicted octanol–water partition coefficient (Wildman–Crippen LogP) is 1.95. The van der Waals surface area contributed by atoms with Gasteiger partial charge >= 0.3 is 0 Å². The third kappa shape index (κ3) is 3.17. The summed E-state index contributed by atoms with van der Waals surface area (Å²) in [7, 11) is 1.25. The van der Waals surface area contributed by atoms with E-state index in [-0.39, 0.29) is 0 Å². The van der Waals surface area contributed by atoms with Crippen molar-refractivity contribution in [3.05, 3.63) is 18.6 Å². The number of H-pyrrole nitrogens is 1. The van der Waals surface area contributed by atoms with Crippen molar-refractivity contribution in [1.82, 2.24) is 19.3 Å². The van der Waals surface area contributed by atoms with Gasteiger partial charge in [-0.25, -0.2) is 18.5 Å². The number of piperidine rings is 1. The van der Waals surface area contributed by atoms with Crippen LogP contribution in [0.5, 0.6) is 0 Å². The highest BCUT2D eigenvalue weighted by Crippen LogP contribution is 2.39. The van der Waals surface area contributed by atoms with Crippen molar-refractivity contribution in [1.29, 1.82) is 0 Å². The van der Waals surface area contributed by atoms with E-state index in [1.165, 1.54) is 6.42 Å². The second kappa shape index (κ2) is 6.83. The molecule has 1 unspecified atom stereocenters. The molecule has 2 saturated heterocycles. The van der Waals surface area contributed by atoms with Gasteiger partial charge in [0.2, 0.25) is 0 Å². The van der Waals surface area contributed by atoms with Gasteiger partial charge < -0.3 is 14.6 Å². The number of nitrogens with zero attached hydrogens (tertiary/aromatic N) is 4. The topological polar surface area (TPSA) is 74.4 Å². The molecule has 2 aromatic rings. The Morgan fingerprint density at radius 1 is 1.41 bits per heavy atom. The van der Waals surface area contributed by atoms with Crippen LogP contribution in [0.1, 0.15) is 25.7 Å². The molecule has 0 bridgehead atoms. The molecule has 0 amide bonds. The minimum Gasteiger partial charge on any atom is -0.380 e. The molecular formula is C19H27N5O2S. The van der Waals surface area contributed by atoms with Crippen LogP contribution in [-0.2, 0) is 15.7 Å². The lowest BCUT2D eigenvalue weighted by Crippen LogP contribution is -2.55. The zero-order chi connectivity index (χ0) is 18.4. The normalized spacial score (nSPS) is 28.6. The summed E-state index contributed by atoms with van der Waals surface area (Å²) in [6.45, 7) is 3.62. The summed E-state index contributed by atoms with van der Waals surface area (Å²) in [6.07, 6.45) is 8.06. The molecule has 5 rings (SSSR count). The van der Waals surface area contributed by atoms with E-state index in [1.54, 1.807) is 6.33 Å². The van der Waals surface area contributed by atoms with Crippen molar-refractivity contribution in [2.75, 3.05) is 44.0 Å². The first kappa shape index (κ1) is 17.6. The molecule has 7 nitrogen and oxygen atoms in total. The van der Waals surface area contributed by atoms with E-state index < -0.39 is 11.0 Å². The summed E-state index contributed by atoms with van der Waals surface area (Å²) < 4.78 is 20.5. The molecular weight excluding hydrogens is 362 g/mol. The van der Waals surface area contributed by atoms with Crippen molar-refractivity contribution in [3.8, 4) is 0 Å². The minimum atomic E-state index is -0.859. The Morgan fingerprint density at radius 2 is 2.26 bits per heavy atom. The lowest BCUT2D eigenvalue weighted by Gasteiger charge is -2.48. The number of nitrogens with one attached hydrogen (secondary N) is 1. The fourth-order valence-corrected chi connectivity index (χ4v) is 6.37. The lowest BCUT2D eigenvalue weighted by molar-refractivity contribution is -0.133. The van der Waals surface area contributed by atoms with Gasteiger partial charge in [0.25, 0.3) is 0 Å². The van der Waals surface area contributed by atoms with Crippen molar-refractivity contribution in [2.24, 2.45) is 11.3 Å². The van der Waals surface area contributed by atoms with Crippen LogP contribution in [0.4, 0.5) is 5.82 Å². The second-order valence-corrected chi connectivity index (χ2v) is 9.98. The van der Waals surface area contributed by atoms with E-state index in [4.69, 9.17) is 4.74 Å². The van der Waals surface area contributed by atoms with Gasteiger partial charge in [-0.1, -0.05) is 0 Å². The summed E-state index contributed by atoms with van der Waals surface area (Å²) in [6, 6.07) is 2.50. The van der Waals surface area contributed by atoms with Gasteiger partial charge in [0.15, 0.2) is 0 Å². The number of hydrogen-bond donors (Lipinski definition) is 1. The molecule has 3 aliphatic rings. The smallest absolute Gasteiger partial charge is 0.142 e. The zero-order valence-electron chi connectivity index (χ0n) is 15.8. The fraction of sp³-hybridized carbons (Fsp3) is 0.684. The van der Waals surface area contributed by atoms with Crippen molar-refractivity contribution >= 4 is 27.8 Å². The van der Waals surface area contributed by atoms with Crippen molar-refractivity contribution in [3.63, 3.8) is 0 Å². The summed E-state index contributed by atoms with van der Waals surface area (Å²) in [5, 5.41) is 1.06. The summed E-state index contributed by atoms with van der Waals surface area (Å²) in [4.78, 5) is 14.2. The number of aromatic amines is 1. The van der Waals surface area contributed by atoms with E-state index >= 15 is 0 Å². The Balaban J connectivity index is 1.16. The number of ether oxygens (including phenoxy) is 1. The van der Waals surface area contributed by atoms with Crippen molar-refractivity contribution in [2.45, 2.75) is 31.7 Å². The molecule has 146 valence electrons. The van der Waals surface area contributed by atoms with Gasteiger partial charge in [-0.3, -0.25) is 0 Å². The van der Waals surface area contributed by atoms with Gasteiger partial charge in [0.1, 0.15) is 17.8 Å². The van der Waals surface area contributed by atoms with Gasteiger partial charge in [-0.05, 0) is 37.7 Å². The predicted molar refractivity (Wildman–Crippen MR) is 106 cm³/mol. The molecule has 1 aliphatic carbocycles. The maximum absolute atomic E-state index is 12.9. The number of rotatable bonds is 5. The Morgan fingerprint density at radius 3 is 3.04 bits per heavy atom. The van der Waals surface area contributed by atoms with Crippen LogP contribution in [0.3, 0.4) is 0 Å². The van der Waals surface area contributed by atoms with Crippen LogP contribution < -0.4 is 4.90 Å². The average molecular weight is 390 g/mol. The van der Waals surface area contributed by atoms with Gasteiger partial charge in [-0.15, -0.1) is 0 Å². The van der Waals surface area contributed by atoms with Gasteiger partial charge in [0, 0.05) is 43.5 Å². The van der Waals surface area contributed by atoms with Gasteiger partial charge in [-0.2, -0.15) is 0 Å². The highest BCUT2D eigenvalue weighted by Gasteiger charge is 2.44. The average Bonchev–Trinajstić information content (AvgIpc) is 3.11. The molecule has 3 fully saturated rings. The second-order valence-electron chi connectivity index (χ2n) is 8.49. The SMILES string of the molecule is CN(c1ncnc2[nH]ccc12)C1CC(CS(=O)N2CCCC3(COC3)C2)C1. The quantitative estimate of drug-likeness (QED) is 0.846. The van der Waals surface area contributed by atoms with Crippen LogP contribution >= 0.6 is 0 Å². The zero-order valence-corrected chi connectivity index (χ0v) is 16.6. The van der Waals surface area contributed by atoms with Crippen LogP contribution in [-0.4, -0.2) is 68.6 Å². The number of aromatic nitrogens is 3. The van der Waals surface area contributed by atoms with Crippen molar-refractivity contribution < 1.29 is 8.95 Å². The highest BCUT2D eigenvalue weighted by atomic mass is 32.2. The summed E-state index contributed by atoms with van der Waals surface area (Å²) >= 11 is 0. The van der Waals surface area contributed by atoms with E-state index in [0.717, 1.165) is 68.2 Å². The summed E-state index contributed by atoms with van der Waals surface area (Å²) in [5.41, 5.74) is 1.17.